The molecule has 1 aliphatic carbocycles. The van der Waals surface area contributed by atoms with E-state index >= 15 is 0 Å². The number of fused-ring (bicyclic) bond motifs is 2. The van der Waals surface area contributed by atoms with Crippen LogP contribution >= 0.6 is 0 Å². The van der Waals surface area contributed by atoms with Crippen LogP contribution in [0.1, 0.15) is 55.5 Å². The molecule has 5 rings (SSSR count). The molecule has 1 N–H and O–H groups in total. The number of carbonyl (C=O) groups excluding carboxylic acids is 1. The van der Waals surface area contributed by atoms with Crippen LogP contribution in [0, 0.1) is 5.92 Å². The average molecular weight is 488 g/mol. The van der Waals surface area contributed by atoms with Crippen LogP contribution in [-0.4, -0.2) is 52.6 Å². The summed E-state index contributed by atoms with van der Waals surface area (Å²) in [5.41, 5.74) is 2.35. The van der Waals surface area contributed by atoms with Crippen molar-refractivity contribution in [3.8, 4) is 0 Å². The first kappa shape index (κ1) is 23.3. The summed E-state index contributed by atoms with van der Waals surface area (Å²) in [6.45, 7) is 2.41. The number of amides is 1. The fourth-order valence-electron chi connectivity index (χ4n) is 5.39. The van der Waals surface area contributed by atoms with Gasteiger partial charge < -0.3 is 5.32 Å². The molecule has 1 fully saturated rings. The number of sulfonamides is 1. The van der Waals surface area contributed by atoms with Crippen molar-refractivity contribution in [1.82, 2.24) is 24.0 Å². The molecule has 3 aliphatic rings. The number of benzene rings is 1. The maximum atomic E-state index is 13.1. The third-order valence-electron chi connectivity index (χ3n) is 7.41. The van der Waals surface area contributed by atoms with Gasteiger partial charge in [-0.15, -0.1) is 0 Å². The molecule has 0 atom stereocenters. The van der Waals surface area contributed by atoms with Gasteiger partial charge in [0.05, 0.1) is 4.90 Å². The van der Waals surface area contributed by atoms with Gasteiger partial charge >= 0.3 is 5.69 Å². The Morgan fingerprint density at radius 2 is 1.82 bits per heavy atom. The number of aromatic nitrogens is 3. The van der Waals surface area contributed by atoms with Crippen LogP contribution in [0.4, 0.5) is 0 Å². The highest BCUT2D eigenvalue weighted by atomic mass is 32.2. The summed E-state index contributed by atoms with van der Waals surface area (Å²) in [6.07, 6.45) is 7.65. The van der Waals surface area contributed by atoms with Crippen LogP contribution < -0.4 is 11.0 Å². The van der Waals surface area contributed by atoms with E-state index in [0.29, 0.717) is 50.3 Å². The Bertz CT molecular complexity index is 1220. The summed E-state index contributed by atoms with van der Waals surface area (Å²) in [5, 5.41) is 7.38. The van der Waals surface area contributed by atoms with Crippen molar-refractivity contribution < 1.29 is 13.2 Å². The summed E-state index contributed by atoms with van der Waals surface area (Å²) >= 11 is 0. The monoisotopic (exact) mass is 487 g/mol. The zero-order valence-corrected chi connectivity index (χ0v) is 20.4. The Labute approximate surface area is 200 Å². The Balaban J connectivity index is 1.09. The van der Waals surface area contributed by atoms with Gasteiger partial charge in [0.1, 0.15) is 5.82 Å². The summed E-state index contributed by atoms with van der Waals surface area (Å²) in [6, 6.07) is 5.50. The van der Waals surface area contributed by atoms with E-state index < -0.39 is 10.0 Å². The minimum absolute atomic E-state index is 0.0361. The number of nitrogens with one attached hydrogen (secondary N) is 1. The van der Waals surface area contributed by atoms with Crippen molar-refractivity contribution in [2.24, 2.45) is 5.92 Å². The van der Waals surface area contributed by atoms with Crippen LogP contribution in [0.25, 0.3) is 0 Å². The third-order valence-corrected chi connectivity index (χ3v) is 9.30. The van der Waals surface area contributed by atoms with Crippen LogP contribution in [0.15, 0.2) is 27.9 Å². The lowest BCUT2D eigenvalue weighted by Crippen LogP contribution is -2.43. The SMILES string of the molecule is O=C(NCCCn1nc2n(c1=O)CCCC2)C1CCN(S(=O)(=O)c2ccc3c(c2)CCC3)CC1. The van der Waals surface area contributed by atoms with E-state index in [0.717, 1.165) is 56.5 Å². The molecule has 0 bridgehead atoms. The molecular weight excluding hydrogens is 454 g/mol. The fraction of sp³-hybridized carbons (Fsp3) is 0.625. The molecule has 10 heteroatoms. The van der Waals surface area contributed by atoms with Crippen LogP contribution in [0.2, 0.25) is 0 Å². The highest BCUT2D eigenvalue weighted by molar-refractivity contribution is 7.89. The van der Waals surface area contributed by atoms with Crippen molar-refractivity contribution >= 4 is 15.9 Å². The first-order valence-electron chi connectivity index (χ1n) is 12.5. The van der Waals surface area contributed by atoms with E-state index in [1.54, 1.807) is 10.6 Å². The number of nitrogens with zero attached hydrogens (tertiary/aromatic N) is 4. The molecular formula is C24H33N5O4S. The normalized spacial score (nSPS) is 19.1. The topological polar surface area (TPSA) is 106 Å². The van der Waals surface area contributed by atoms with Gasteiger partial charge in [0.25, 0.3) is 0 Å². The second-order valence-electron chi connectivity index (χ2n) is 9.64. The van der Waals surface area contributed by atoms with E-state index in [1.165, 1.54) is 14.6 Å². The lowest BCUT2D eigenvalue weighted by Gasteiger charge is -2.30. The maximum absolute atomic E-state index is 13.1. The third kappa shape index (κ3) is 4.57. The highest BCUT2D eigenvalue weighted by Gasteiger charge is 2.32. The van der Waals surface area contributed by atoms with Gasteiger partial charge in [0.2, 0.25) is 15.9 Å². The van der Waals surface area contributed by atoms with E-state index in [-0.39, 0.29) is 17.5 Å². The molecule has 0 spiro atoms. The van der Waals surface area contributed by atoms with E-state index in [2.05, 4.69) is 10.4 Å². The number of hydrogen-bond acceptors (Lipinski definition) is 5. The predicted octanol–water partition coefficient (Wildman–Crippen LogP) is 1.48. The fourth-order valence-corrected chi connectivity index (χ4v) is 6.92. The molecule has 9 nitrogen and oxygen atoms in total. The van der Waals surface area contributed by atoms with Gasteiger partial charge in [0, 0.05) is 45.1 Å². The van der Waals surface area contributed by atoms with Crippen molar-refractivity contribution in [2.45, 2.75) is 75.8 Å². The summed E-state index contributed by atoms with van der Waals surface area (Å²) in [7, 11) is -3.53. The van der Waals surface area contributed by atoms with Crippen LogP contribution in [0.5, 0.6) is 0 Å². The van der Waals surface area contributed by atoms with Gasteiger partial charge in [0.15, 0.2) is 0 Å². The summed E-state index contributed by atoms with van der Waals surface area (Å²) < 4.78 is 31.0. The Hall–Kier alpha value is -2.46. The van der Waals surface area contributed by atoms with Crippen molar-refractivity contribution in [2.75, 3.05) is 19.6 Å². The standard InChI is InChI=1S/C24H33N5O4S/c30-23(25-12-4-14-29-24(31)28-13-2-1-7-22(28)26-29)19-10-15-27(16-11-19)34(32,33)21-9-8-18-5-3-6-20(18)17-21/h8-9,17,19H,1-7,10-16H2,(H,25,30). The quantitative estimate of drug-likeness (QED) is 0.596. The second-order valence-corrected chi connectivity index (χ2v) is 11.6. The van der Waals surface area contributed by atoms with Crippen LogP contribution in [-0.2, 0) is 47.2 Å². The molecule has 3 heterocycles. The van der Waals surface area contributed by atoms with Gasteiger partial charge in [-0.05, 0) is 74.6 Å². The molecule has 0 saturated carbocycles. The largest absolute Gasteiger partial charge is 0.356 e. The van der Waals surface area contributed by atoms with Crippen LogP contribution in [0.3, 0.4) is 0 Å². The van der Waals surface area contributed by atoms with Crippen molar-refractivity contribution in [3.63, 3.8) is 0 Å². The molecule has 1 amide bonds. The number of rotatable bonds is 7. The molecule has 0 unspecified atom stereocenters. The molecule has 184 valence electrons. The molecule has 1 aromatic heterocycles. The van der Waals surface area contributed by atoms with E-state index in [1.807, 2.05) is 12.1 Å². The Kier molecular flexibility index (Phi) is 6.61. The summed E-state index contributed by atoms with van der Waals surface area (Å²) in [5.74, 6) is 0.641. The van der Waals surface area contributed by atoms with Crippen molar-refractivity contribution in [3.05, 3.63) is 45.6 Å². The van der Waals surface area contributed by atoms with Gasteiger partial charge in [-0.2, -0.15) is 9.40 Å². The van der Waals surface area contributed by atoms with Gasteiger partial charge in [-0.3, -0.25) is 9.36 Å². The predicted molar refractivity (Wildman–Crippen MR) is 127 cm³/mol. The number of piperidine rings is 1. The summed E-state index contributed by atoms with van der Waals surface area (Å²) in [4.78, 5) is 25.4. The Morgan fingerprint density at radius 3 is 2.62 bits per heavy atom. The maximum Gasteiger partial charge on any atom is 0.345 e. The minimum atomic E-state index is -3.53. The highest BCUT2D eigenvalue weighted by Crippen LogP contribution is 2.28. The zero-order valence-electron chi connectivity index (χ0n) is 19.5. The van der Waals surface area contributed by atoms with Gasteiger partial charge in [-0.1, -0.05) is 6.07 Å². The van der Waals surface area contributed by atoms with Gasteiger partial charge in [-0.25, -0.2) is 17.9 Å². The molecule has 34 heavy (non-hydrogen) atoms. The van der Waals surface area contributed by atoms with Crippen molar-refractivity contribution in [1.29, 1.82) is 0 Å². The lowest BCUT2D eigenvalue weighted by atomic mass is 9.97. The smallest absolute Gasteiger partial charge is 0.345 e. The molecule has 2 aromatic rings. The number of hydrogen-bond donors (Lipinski definition) is 1. The molecule has 1 aromatic carbocycles. The Morgan fingerprint density at radius 1 is 1.03 bits per heavy atom. The molecule has 0 radical (unpaired) electrons. The van der Waals surface area contributed by atoms with E-state index in [4.69, 9.17) is 0 Å². The lowest BCUT2D eigenvalue weighted by molar-refractivity contribution is -0.126. The second kappa shape index (κ2) is 9.65. The average Bonchev–Trinajstić information content (AvgIpc) is 3.46. The van der Waals surface area contributed by atoms with E-state index in [9.17, 15) is 18.0 Å². The molecule has 1 saturated heterocycles. The molecule has 2 aliphatic heterocycles. The minimum Gasteiger partial charge on any atom is -0.356 e. The number of carbonyl (C=O) groups is 1. The number of aryl methyl sites for hydroxylation is 4. The zero-order chi connectivity index (χ0) is 23.7. The first-order valence-corrected chi connectivity index (χ1v) is 13.9. The first-order chi connectivity index (χ1) is 16.4.